The highest BCUT2D eigenvalue weighted by Gasteiger charge is 2.14. The van der Waals surface area contributed by atoms with E-state index in [0.29, 0.717) is 12.1 Å². The van der Waals surface area contributed by atoms with Crippen molar-refractivity contribution < 1.29 is 9.18 Å². The van der Waals surface area contributed by atoms with Crippen LogP contribution in [0.2, 0.25) is 0 Å². The van der Waals surface area contributed by atoms with Crippen molar-refractivity contribution in [2.45, 2.75) is 13.3 Å². The van der Waals surface area contributed by atoms with Gasteiger partial charge in [0.25, 0.3) is 0 Å². The molecule has 0 radical (unpaired) electrons. The number of benzene rings is 1. The average Bonchev–Trinajstić information content (AvgIpc) is 2.43. The third kappa shape index (κ3) is 3.92. The number of halogens is 1. The van der Waals surface area contributed by atoms with Crippen LogP contribution in [0.1, 0.15) is 11.1 Å². The van der Waals surface area contributed by atoms with Crippen LogP contribution in [0.5, 0.6) is 0 Å². The molecule has 1 aromatic carbocycles. The van der Waals surface area contributed by atoms with E-state index in [1.165, 1.54) is 6.07 Å². The summed E-state index contributed by atoms with van der Waals surface area (Å²) >= 11 is 0. The standard InChI is InChI=1S/C14H20FN3O/c1-11-10-12(2-3-13(11)15)4-5-17-14(19)18-8-6-16-7-9-18/h2-3,10,16H,4-9H2,1H3,(H,17,19). The van der Waals surface area contributed by atoms with Gasteiger partial charge in [0.05, 0.1) is 0 Å². The summed E-state index contributed by atoms with van der Waals surface area (Å²) in [6, 6.07) is 5.05. The molecule has 0 spiro atoms. The number of hydrogen-bond acceptors (Lipinski definition) is 2. The number of carbonyl (C=O) groups excluding carboxylic acids is 1. The zero-order valence-corrected chi connectivity index (χ0v) is 11.2. The van der Waals surface area contributed by atoms with E-state index >= 15 is 0 Å². The zero-order valence-electron chi connectivity index (χ0n) is 11.2. The van der Waals surface area contributed by atoms with Crippen molar-refractivity contribution in [1.82, 2.24) is 15.5 Å². The molecule has 0 saturated carbocycles. The van der Waals surface area contributed by atoms with Gasteiger partial charge in [0.1, 0.15) is 5.82 Å². The molecule has 1 heterocycles. The number of nitrogens with zero attached hydrogens (tertiary/aromatic N) is 1. The lowest BCUT2D eigenvalue weighted by atomic mass is 10.1. The molecular weight excluding hydrogens is 245 g/mol. The highest BCUT2D eigenvalue weighted by Crippen LogP contribution is 2.09. The van der Waals surface area contributed by atoms with E-state index in [4.69, 9.17) is 0 Å². The molecule has 0 unspecified atom stereocenters. The second-order valence-corrected chi connectivity index (χ2v) is 4.80. The Morgan fingerprint density at radius 3 is 2.84 bits per heavy atom. The Kier molecular flexibility index (Phi) is 4.74. The smallest absolute Gasteiger partial charge is 0.317 e. The summed E-state index contributed by atoms with van der Waals surface area (Å²) in [4.78, 5) is 13.6. The van der Waals surface area contributed by atoms with E-state index in [0.717, 1.165) is 38.2 Å². The molecule has 1 saturated heterocycles. The Morgan fingerprint density at radius 1 is 1.42 bits per heavy atom. The van der Waals surface area contributed by atoms with E-state index in [-0.39, 0.29) is 11.8 Å². The number of aryl methyl sites for hydroxylation is 1. The molecular formula is C14H20FN3O. The first-order valence-electron chi connectivity index (χ1n) is 6.65. The SMILES string of the molecule is Cc1cc(CCNC(=O)N2CCNCC2)ccc1F. The van der Waals surface area contributed by atoms with Crippen LogP contribution in [0.25, 0.3) is 0 Å². The highest BCUT2D eigenvalue weighted by molar-refractivity contribution is 5.74. The number of rotatable bonds is 3. The topological polar surface area (TPSA) is 44.4 Å². The molecule has 2 N–H and O–H groups in total. The number of piperazine rings is 1. The minimum Gasteiger partial charge on any atom is -0.338 e. The Bertz CT molecular complexity index is 444. The number of nitrogens with one attached hydrogen (secondary N) is 2. The molecule has 5 heteroatoms. The first kappa shape index (κ1) is 13.8. The van der Waals surface area contributed by atoms with E-state index in [1.807, 2.05) is 11.0 Å². The molecule has 0 bridgehead atoms. The van der Waals surface area contributed by atoms with Crippen molar-refractivity contribution in [2.24, 2.45) is 0 Å². The predicted octanol–water partition coefficient (Wildman–Crippen LogP) is 1.29. The molecule has 4 nitrogen and oxygen atoms in total. The van der Waals surface area contributed by atoms with Crippen LogP contribution in [0.4, 0.5) is 9.18 Å². The second-order valence-electron chi connectivity index (χ2n) is 4.80. The van der Waals surface area contributed by atoms with Crippen LogP contribution in [-0.4, -0.2) is 43.7 Å². The average molecular weight is 265 g/mol. The van der Waals surface area contributed by atoms with Gasteiger partial charge in [-0.05, 0) is 30.5 Å². The Balaban J connectivity index is 1.76. The van der Waals surface area contributed by atoms with E-state index < -0.39 is 0 Å². The fourth-order valence-electron chi connectivity index (χ4n) is 2.16. The lowest BCUT2D eigenvalue weighted by Crippen LogP contribution is -2.50. The summed E-state index contributed by atoms with van der Waals surface area (Å²) in [6.07, 6.45) is 0.721. The lowest BCUT2D eigenvalue weighted by molar-refractivity contribution is 0.190. The molecule has 0 atom stereocenters. The van der Waals surface area contributed by atoms with Crippen LogP contribution >= 0.6 is 0 Å². The Labute approximate surface area is 113 Å². The molecule has 0 aromatic heterocycles. The summed E-state index contributed by atoms with van der Waals surface area (Å²) < 4.78 is 13.1. The molecule has 104 valence electrons. The molecule has 1 aliphatic heterocycles. The summed E-state index contributed by atoms with van der Waals surface area (Å²) in [6.45, 7) is 5.53. The molecule has 0 aliphatic carbocycles. The van der Waals surface area contributed by atoms with Crippen molar-refractivity contribution in [1.29, 1.82) is 0 Å². The summed E-state index contributed by atoms with van der Waals surface area (Å²) in [5, 5.41) is 6.11. The van der Waals surface area contributed by atoms with E-state index in [1.54, 1.807) is 13.0 Å². The van der Waals surface area contributed by atoms with Gasteiger partial charge in [-0.2, -0.15) is 0 Å². The van der Waals surface area contributed by atoms with Crippen molar-refractivity contribution in [2.75, 3.05) is 32.7 Å². The molecule has 1 aromatic rings. The molecule has 2 rings (SSSR count). The third-order valence-electron chi connectivity index (χ3n) is 3.32. The maximum Gasteiger partial charge on any atom is 0.317 e. The van der Waals surface area contributed by atoms with Crippen LogP contribution in [-0.2, 0) is 6.42 Å². The van der Waals surface area contributed by atoms with Crippen molar-refractivity contribution in [3.8, 4) is 0 Å². The van der Waals surface area contributed by atoms with Gasteiger partial charge in [0.2, 0.25) is 0 Å². The van der Waals surface area contributed by atoms with Crippen LogP contribution in [0, 0.1) is 12.7 Å². The predicted molar refractivity (Wildman–Crippen MR) is 72.7 cm³/mol. The third-order valence-corrected chi connectivity index (χ3v) is 3.32. The fraction of sp³-hybridized carbons (Fsp3) is 0.500. The van der Waals surface area contributed by atoms with Gasteiger partial charge in [0, 0.05) is 32.7 Å². The van der Waals surface area contributed by atoms with Gasteiger partial charge < -0.3 is 15.5 Å². The van der Waals surface area contributed by atoms with E-state index in [9.17, 15) is 9.18 Å². The quantitative estimate of drug-likeness (QED) is 0.865. The maximum atomic E-state index is 13.1. The molecule has 2 amide bonds. The van der Waals surface area contributed by atoms with Gasteiger partial charge in [-0.1, -0.05) is 12.1 Å². The minimum absolute atomic E-state index is 0.0136. The first-order valence-corrected chi connectivity index (χ1v) is 6.65. The summed E-state index contributed by atoms with van der Waals surface area (Å²) in [5.74, 6) is -0.186. The van der Waals surface area contributed by atoms with Gasteiger partial charge in [-0.15, -0.1) is 0 Å². The number of amides is 2. The zero-order chi connectivity index (χ0) is 13.7. The van der Waals surface area contributed by atoms with Crippen LogP contribution in [0.3, 0.4) is 0 Å². The second kappa shape index (κ2) is 6.52. The largest absolute Gasteiger partial charge is 0.338 e. The summed E-state index contributed by atoms with van der Waals surface area (Å²) in [5.41, 5.74) is 1.69. The number of urea groups is 1. The minimum atomic E-state index is -0.186. The number of hydrogen-bond donors (Lipinski definition) is 2. The van der Waals surface area contributed by atoms with Gasteiger partial charge in [0.15, 0.2) is 0 Å². The van der Waals surface area contributed by atoms with Crippen molar-refractivity contribution in [3.63, 3.8) is 0 Å². The van der Waals surface area contributed by atoms with Crippen LogP contribution < -0.4 is 10.6 Å². The molecule has 1 fully saturated rings. The fourth-order valence-corrected chi connectivity index (χ4v) is 2.16. The van der Waals surface area contributed by atoms with Gasteiger partial charge >= 0.3 is 6.03 Å². The van der Waals surface area contributed by atoms with Crippen molar-refractivity contribution in [3.05, 3.63) is 35.1 Å². The summed E-state index contributed by atoms with van der Waals surface area (Å²) in [7, 11) is 0. The van der Waals surface area contributed by atoms with E-state index in [2.05, 4.69) is 10.6 Å². The molecule has 1 aliphatic rings. The Hall–Kier alpha value is -1.62. The van der Waals surface area contributed by atoms with Gasteiger partial charge in [-0.25, -0.2) is 9.18 Å². The normalized spacial score (nSPS) is 15.4. The van der Waals surface area contributed by atoms with Crippen molar-refractivity contribution >= 4 is 6.03 Å². The van der Waals surface area contributed by atoms with Crippen LogP contribution in [0.15, 0.2) is 18.2 Å². The lowest BCUT2D eigenvalue weighted by Gasteiger charge is -2.27. The van der Waals surface area contributed by atoms with Gasteiger partial charge in [-0.3, -0.25) is 0 Å². The first-order chi connectivity index (χ1) is 9.16. The highest BCUT2D eigenvalue weighted by atomic mass is 19.1. The maximum absolute atomic E-state index is 13.1. The monoisotopic (exact) mass is 265 g/mol. The number of carbonyl (C=O) groups is 1. The molecule has 19 heavy (non-hydrogen) atoms. The Morgan fingerprint density at radius 2 is 2.16 bits per heavy atom.